The van der Waals surface area contributed by atoms with Gasteiger partial charge < -0.3 is 5.73 Å². The number of halogens is 6. The van der Waals surface area contributed by atoms with Crippen molar-refractivity contribution in [1.29, 1.82) is 0 Å². The quantitative estimate of drug-likeness (QED) is 0.869. The zero-order valence-corrected chi connectivity index (χ0v) is 10.9. The largest absolute Gasteiger partial charge is 0.435 e. The van der Waals surface area contributed by atoms with Crippen molar-refractivity contribution in [2.24, 2.45) is 18.7 Å². The average molecular weight is 303 g/mol. The third-order valence-corrected chi connectivity index (χ3v) is 2.89. The maximum Gasteiger partial charge on any atom is 0.435 e. The molecule has 0 fully saturated rings. The van der Waals surface area contributed by atoms with Crippen LogP contribution in [-0.4, -0.2) is 16.3 Å². The van der Waals surface area contributed by atoms with Gasteiger partial charge in [0.25, 0.3) is 0 Å². The smallest absolute Gasteiger partial charge is 0.330 e. The van der Waals surface area contributed by atoms with Crippen LogP contribution in [0.3, 0.4) is 0 Å². The molecule has 0 aliphatic heterocycles. The van der Waals surface area contributed by atoms with Crippen LogP contribution in [0.2, 0.25) is 0 Å². The summed E-state index contributed by atoms with van der Waals surface area (Å²) < 4.78 is 77.3. The van der Waals surface area contributed by atoms with Gasteiger partial charge in [0.05, 0.1) is 0 Å². The highest BCUT2D eigenvalue weighted by molar-refractivity contribution is 5.31. The molecule has 3 nitrogen and oxygen atoms in total. The number of aryl methyl sites for hydroxylation is 1. The molecule has 0 saturated carbocycles. The fourth-order valence-corrected chi connectivity index (χ4v) is 2.08. The predicted molar refractivity (Wildman–Crippen MR) is 59.8 cm³/mol. The molecule has 116 valence electrons. The molecule has 1 heterocycles. The van der Waals surface area contributed by atoms with Gasteiger partial charge in [-0.2, -0.15) is 31.4 Å². The highest BCUT2D eigenvalue weighted by atomic mass is 19.4. The van der Waals surface area contributed by atoms with Crippen LogP contribution in [0.4, 0.5) is 26.3 Å². The van der Waals surface area contributed by atoms with E-state index < -0.39 is 35.2 Å². The van der Waals surface area contributed by atoms with E-state index in [-0.39, 0.29) is 17.6 Å². The maximum atomic E-state index is 12.9. The highest BCUT2D eigenvalue weighted by Gasteiger charge is 2.45. The standard InChI is InChI=1S/C11H15F6N3/c1-6(3-4-18)5-7-8(10(12,13)14)19-20(2)9(7)11(15,16)17/h6H,3-5,18H2,1-2H3. The van der Waals surface area contributed by atoms with Crippen LogP contribution in [0.5, 0.6) is 0 Å². The average Bonchev–Trinajstić information content (AvgIpc) is 2.54. The van der Waals surface area contributed by atoms with Gasteiger partial charge in [0.15, 0.2) is 5.69 Å². The Morgan fingerprint density at radius 1 is 1.15 bits per heavy atom. The van der Waals surface area contributed by atoms with E-state index in [1.165, 1.54) is 0 Å². The Bertz CT molecular complexity index is 460. The van der Waals surface area contributed by atoms with Crippen LogP contribution < -0.4 is 5.73 Å². The van der Waals surface area contributed by atoms with Crippen LogP contribution in [-0.2, 0) is 25.8 Å². The van der Waals surface area contributed by atoms with E-state index in [4.69, 9.17) is 5.73 Å². The number of nitrogens with zero attached hydrogens (tertiary/aromatic N) is 2. The Morgan fingerprint density at radius 2 is 1.70 bits per heavy atom. The molecule has 2 N–H and O–H groups in total. The van der Waals surface area contributed by atoms with E-state index in [1.54, 1.807) is 6.92 Å². The van der Waals surface area contributed by atoms with E-state index in [0.29, 0.717) is 6.42 Å². The van der Waals surface area contributed by atoms with Crippen molar-refractivity contribution in [2.75, 3.05) is 6.54 Å². The summed E-state index contributed by atoms with van der Waals surface area (Å²) in [5, 5.41) is 3.00. The molecule has 0 spiro atoms. The van der Waals surface area contributed by atoms with Gasteiger partial charge in [0.2, 0.25) is 0 Å². The third-order valence-electron chi connectivity index (χ3n) is 2.89. The Hall–Kier alpha value is -1.25. The molecule has 1 rings (SSSR count). The molecule has 1 aromatic rings. The van der Waals surface area contributed by atoms with Crippen molar-refractivity contribution < 1.29 is 26.3 Å². The minimum absolute atomic E-state index is 0.199. The Morgan fingerprint density at radius 3 is 2.10 bits per heavy atom. The lowest BCUT2D eigenvalue weighted by atomic mass is 9.96. The zero-order chi connectivity index (χ0) is 15.7. The topological polar surface area (TPSA) is 43.8 Å². The molecule has 1 atom stereocenters. The van der Waals surface area contributed by atoms with Gasteiger partial charge >= 0.3 is 12.4 Å². The number of rotatable bonds is 4. The van der Waals surface area contributed by atoms with Crippen LogP contribution in [0.25, 0.3) is 0 Å². The molecule has 0 radical (unpaired) electrons. The van der Waals surface area contributed by atoms with Crippen molar-refractivity contribution in [3.05, 3.63) is 17.0 Å². The summed E-state index contributed by atoms with van der Waals surface area (Å²) in [6.07, 6.45) is -9.83. The van der Waals surface area contributed by atoms with Gasteiger partial charge in [0, 0.05) is 12.6 Å². The maximum absolute atomic E-state index is 12.9. The van der Waals surface area contributed by atoms with Crippen LogP contribution >= 0.6 is 0 Å². The van der Waals surface area contributed by atoms with Gasteiger partial charge in [-0.3, -0.25) is 4.68 Å². The Labute approximate surface area is 111 Å². The van der Waals surface area contributed by atoms with E-state index in [0.717, 1.165) is 7.05 Å². The number of alkyl halides is 6. The second-order valence-corrected chi connectivity index (χ2v) is 4.68. The summed E-state index contributed by atoms with van der Waals surface area (Å²) in [7, 11) is 0.856. The van der Waals surface area contributed by atoms with E-state index >= 15 is 0 Å². The van der Waals surface area contributed by atoms with Crippen molar-refractivity contribution in [3.8, 4) is 0 Å². The lowest BCUT2D eigenvalue weighted by Gasteiger charge is -2.15. The first kappa shape index (κ1) is 16.8. The van der Waals surface area contributed by atoms with Gasteiger partial charge in [-0.1, -0.05) is 6.92 Å². The number of nitrogens with two attached hydrogens (primary N) is 1. The first-order valence-corrected chi connectivity index (χ1v) is 5.88. The number of hydrogen-bond donors (Lipinski definition) is 1. The summed E-state index contributed by atoms with van der Waals surface area (Å²) in [4.78, 5) is 0. The van der Waals surface area contributed by atoms with Gasteiger partial charge in [-0.05, 0) is 25.3 Å². The summed E-state index contributed by atoms with van der Waals surface area (Å²) >= 11 is 0. The summed E-state index contributed by atoms with van der Waals surface area (Å²) in [5.41, 5.74) is 1.63. The highest BCUT2D eigenvalue weighted by Crippen LogP contribution is 2.40. The lowest BCUT2D eigenvalue weighted by molar-refractivity contribution is -0.145. The summed E-state index contributed by atoms with van der Waals surface area (Å²) in [5.74, 6) is -0.397. The summed E-state index contributed by atoms with van der Waals surface area (Å²) in [6.45, 7) is 1.75. The molecule has 9 heteroatoms. The van der Waals surface area contributed by atoms with E-state index in [2.05, 4.69) is 5.10 Å². The van der Waals surface area contributed by atoms with Crippen LogP contribution in [0.15, 0.2) is 0 Å². The van der Waals surface area contributed by atoms with Crippen molar-refractivity contribution >= 4 is 0 Å². The Kier molecular flexibility index (Phi) is 4.73. The Balaban J connectivity index is 3.35. The third kappa shape index (κ3) is 3.65. The molecule has 0 aliphatic rings. The first-order valence-electron chi connectivity index (χ1n) is 5.88. The summed E-state index contributed by atoms with van der Waals surface area (Å²) in [6, 6.07) is 0. The molecule has 20 heavy (non-hydrogen) atoms. The van der Waals surface area contributed by atoms with Crippen LogP contribution in [0.1, 0.15) is 30.3 Å². The minimum atomic E-state index is -4.92. The molecule has 0 bridgehead atoms. The van der Waals surface area contributed by atoms with Crippen molar-refractivity contribution in [2.45, 2.75) is 32.1 Å². The normalized spacial score (nSPS) is 14.7. The van der Waals surface area contributed by atoms with E-state index in [1.807, 2.05) is 0 Å². The molecule has 0 amide bonds. The molecule has 0 aliphatic carbocycles. The minimum Gasteiger partial charge on any atom is -0.330 e. The molecule has 1 aromatic heterocycles. The predicted octanol–water partition coefficient (Wildman–Crippen LogP) is 2.99. The SMILES string of the molecule is CC(CCN)Cc1c(C(F)(F)F)nn(C)c1C(F)(F)F. The number of aromatic nitrogens is 2. The van der Waals surface area contributed by atoms with Crippen molar-refractivity contribution in [3.63, 3.8) is 0 Å². The van der Waals surface area contributed by atoms with Gasteiger partial charge in [-0.15, -0.1) is 0 Å². The first-order chi connectivity index (χ1) is 8.98. The second kappa shape index (κ2) is 5.63. The fraction of sp³-hybridized carbons (Fsp3) is 0.727. The lowest BCUT2D eigenvalue weighted by Crippen LogP contribution is -2.17. The van der Waals surface area contributed by atoms with Gasteiger partial charge in [-0.25, -0.2) is 0 Å². The fourth-order valence-electron chi connectivity index (χ4n) is 2.08. The van der Waals surface area contributed by atoms with E-state index in [9.17, 15) is 26.3 Å². The molecular formula is C11H15F6N3. The van der Waals surface area contributed by atoms with Gasteiger partial charge in [0.1, 0.15) is 5.69 Å². The second-order valence-electron chi connectivity index (χ2n) is 4.68. The molecule has 0 saturated heterocycles. The molecule has 1 unspecified atom stereocenters. The molecule has 0 aromatic carbocycles. The molecular weight excluding hydrogens is 288 g/mol. The van der Waals surface area contributed by atoms with Crippen molar-refractivity contribution in [1.82, 2.24) is 9.78 Å². The monoisotopic (exact) mass is 303 g/mol. The van der Waals surface area contributed by atoms with Crippen LogP contribution in [0, 0.1) is 5.92 Å². The zero-order valence-electron chi connectivity index (χ0n) is 10.9. The number of hydrogen-bond acceptors (Lipinski definition) is 2.